The maximum absolute atomic E-state index is 13.8. The molecular formula is C34H40FN7O2. The molecule has 0 saturated carbocycles. The third kappa shape index (κ3) is 5.93. The van der Waals surface area contributed by atoms with Crippen LogP contribution in [0.5, 0.6) is 6.01 Å². The smallest absolute Gasteiger partial charge is 0.318 e. The quantitative estimate of drug-likeness (QED) is 0.360. The van der Waals surface area contributed by atoms with E-state index in [0.29, 0.717) is 38.3 Å². The molecule has 0 aliphatic carbocycles. The predicted octanol–water partition coefficient (Wildman–Crippen LogP) is 4.78. The molecule has 2 fully saturated rings. The Hall–Kier alpha value is -4.23. The molecule has 9 nitrogen and oxygen atoms in total. The van der Waals surface area contributed by atoms with E-state index in [-0.39, 0.29) is 13.0 Å². The van der Waals surface area contributed by atoms with Gasteiger partial charge in [0.2, 0.25) is 0 Å². The Kier molecular flexibility index (Phi) is 8.67. The maximum Gasteiger partial charge on any atom is 0.318 e. The van der Waals surface area contributed by atoms with Gasteiger partial charge in [-0.25, -0.2) is 4.39 Å². The zero-order valence-electron chi connectivity index (χ0n) is 25.6. The summed E-state index contributed by atoms with van der Waals surface area (Å²) in [5.41, 5.74) is 4.43. The summed E-state index contributed by atoms with van der Waals surface area (Å²) in [6, 6.07) is 15.2. The van der Waals surface area contributed by atoms with Crippen LogP contribution in [0, 0.1) is 18.3 Å². The number of amides is 1. The number of hydrogen-bond acceptors (Lipinski definition) is 8. The highest BCUT2D eigenvalue weighted by atomic mass is 19.1. The van der Waals surface area contributed by atoms with Crippen molar-refractivity contribution in [1.82, 2.24) is 19.8 Å². The number of anilines is 2. The number of aryl methyl sites for hydroxylation is 1. The number of nitrogens with zero attached hydrogens (tertiary/aromatic N) is 7. The van der Waals surface area contributed by atoms with Crippen molar-refractivity contribution in [1.29, 1.82) is 5.26 Å². The molecule has 10 heteroatoms. The van der Waals surface area contributed by atoms with Crippen LogP contribution in [0.2, 0.25) is 0 Å². The van der Waals surface area contributed by atoms with Gasteiger partial charge in [-0.1, -0.05) is 36.9 Å². The number of ether oxygens (including phenoxy) is 1. The second-order valence-corrected chi connectivity index (χ2v) is 12.2. The van der Waals surface area contributed by atoms with Crippen LogP contribution in [-0.2, 0) is 17.8 Å². The predicted molar refractivity (Wildman–Crippen MR) is 169 cm³/mol. The van der Waals surface area contributed by atoms with E-state index in [0.717, 1.165) is 55.8 Å². The molecule has 3 aliphatic rings. The second-order valence-electron chi connectivity index (χ2n) is 12.2. The van der Waals surface area contributed by atoms with E-state index in [4.69, 9.17) is 14.7 Å². The summed E-state index contributed by atoms with van der Waals surface area (Å²) in [7, 11) is 2.12. The number of carbonyl (C=O) groups is 1. The average molecular weight is 598 g/mol. The van der Waals surface area contributed by atoms with Crippen molar-refractivity contribution < 1.29 is 13.9 Å². The lowest BCUT2D eigenvalue weighted by atomic mass is 10.0. The van der Waals surface area contributed by atoms with E-state index in [1.54, 1.807) is 0 Å². The topological polar surface area (TPSA) is 88.8 Å². The summed E-state index contributed by atoms with van der Waals surface area (Å²) in [6.45, 7) is 9.50. The van der Waals surface area contributed by atoms with Crippen molar-refractivity contribution >= 4 is 28.2 Å². The van der Waals surface area contributed by atoms with Gasteiger partial charge in [0.05, 0.1) is 30.8 Å². The Bertz CT molecular complexity index is 1600. The highest BCUT2D eigenvalue weighted by Crippen LogP contribution is 2.35. The van der Waals surface area contributed by atoms with Crippen molar-refractivity contribution in [2.24, 2.45) is 0 Å². The minimum absolute atomic E-state index is 0.0916. The Morgan fingerprint density at radius 1 is 1.09 bits per heavy atom. The lowest BCUT2D eigenvalue weighted by Gasteiger charge is -2.41. The van der Waals surface area contributed by atoms with Crippen molar-refractivity contribution in [2.75, 3.05) is 56.2 Å². The molecule has 6 rings (SSSR count). The maximum atomic E-state index is 13.8. The van der Waals surface area contributed by atoms with E-state index < -0.39 is 17.8 Å². The Balaban J connectivity index is 1.36. The van der Waals surface area contributed by atoms with Gasteiger partial charge in [-0.05, 0) is 63.2 Å². The average Bonchev–Trinajstić information content (AvgIpc) is 3.31. The van der Waals surface area contributed by atoms with Gasteiger partial charge >= 0.3 is 6.01 Å². The van der Waals surface area contributed by atoms with Crippen molar-refractivity contribution in [3.8, 4) is 12.1 Å². The van der Waals surface area contributed by atoms with Crippen LogP contribution in [0.4, 0.5) is 15.9 Å². The molecule has 230 valence electrons. The Labute approximate surface area is 258 Å². The van der Waals surface area contributed by atoms with E-state index in [1.807, 2.05) is 0 Å². The van der Waals surface area contributed by atoms with Crippen molar-refractivity contribution in [3.63, 3.8) is 0 Å². The number of piperazine rings is 1. The number of rotatable bonds is 7. The summed E-state index contributed by atoms with van der Waals surface area (Å²) in [5.74, 6) is -0.972. The fraction of sp³-hybridized carbons (Fsp3) is 0.471. The van der Waals surface area contributed by atoms with Gasteiger partial charge in [-0.3, -0.25) is 4.79 Å². The van der Waals surface area contributed by atoms with Gasteiger partial charge in [0.25, 0.3) is 5.91 Å². The van der Waals surface area contributed by atoms with E-state index >= 15 is 0 Å². The number of carbonyl (C=O) groups excluding carboxylic acids is 1. The number of likely N-dealkylation sites (tertiary alicyclic amines) is 1. The minimum atomic E-state index is -1.01. The third-order valence-corrected chi connectivity index (χ3v) is 9.36. The first-order valence-electron chi connectivity index (χ1n) is 15.6. The Morgan fingerprint density at radius 2 is 1.91 bits per heavy atom. The van der Waals surface area contributed by atoms with Crippen LogP contribution < -0.4 is 14.5 Å². The molecule has 0 N–H and O–H groups in total. The van der Waals surface area contributed by atoms with Gasteiger partial charge in [0, 0.05) is 48.9 Å². The molecule has 0 unspecified atom stereocenters. The highest BCUT2D eigenvalue weighted by Gasteiger charge is 2.34. The minimum Gasteiger partial charge on any atom is -0.462 e. The molecule has 4 heterocycles. The number of likely N-dealkylation sites (N-methyl/N-ethyl adjacent to an activating group) is 1. The summed E-state index contributed by atoms with van der Waals surface area (Å²) >= 11 is 0. The standard InChI is InChI=1S/C34H40FN7O2/c1-23-8-4-9-25-10-5-13-30(31(23)25)40-17-7-12-28-29(21-40)37-34(44-22-27-11-6-16-39(27)3)38-32(28)41-18-19-42(33(43)24(2)35)26(20-41)14-15-36/h4-5,8-10,13,26-27H,2,6-7,11-12,14,16-22H2,1,3H3/t26-,27+/m0/s1. The fourth-order valence-electron chi connectivity index (χ4n) is 7.00. The third-order valence-electron chi connectivity index (χ3n) is 9.36. The highest BCUT2D eigenvalue weighted by molar-refractivity contribution is 5.97. The normalized spacial score (nSPS) is 20.7. The largest absolute Gasteiger partial charge is 0.462 e. The van der Waals surface area contributed by atoms with Crippen LogP contribution in [-0.4, -0.2) is 84.1 Å². The van der Waals surface area contributed by atoms with Gasteiger partial charge in [0.1, 0.15) is 12.4 Å². The van der Waals surface area contributed by atoms with E-state index in [9.17, 15) is 14.4 Å². The van der Waals surface area contributed by atoms with Gasteiger partial charge in [-0.2, -0.15) is 15.2 Å². The van der Waals surface area contributed by atoms with Gasteiger partial charge in [0.15, 0.2) is 5.83 Å². The first-order chi connectivity index (χ1) is 21.3. The fourth-order valence-corrected chi connectivity index (χ4v) is 7.00. The molecule has 2 saturated heterocycles. The molecule has 44 heavy (non-hydrogen) atoms. The van der Waals surface area contributed by atoms with Crippen molar-refractivity contribution in [3.05, 3.63) is 65.6 Å². The molecule has 0 bridgehead atoms. The van der Waals surface area contributed by atoms with E-state index in [2.05, 4.69) is 77.7 Å². The lowest BCUT2D eigenvalue weighted by Crippen LogP contribution is -2.55. The zero-order chi connectivity index (χ0) is 30.8. The number of halogens is 1. The summed E-state index contributed by atoms with van der Waals surface area (Å²) in [6.07, 6.45) is 4.03. The number of hydrogen-bond donors (Lipinski definition) is 0. The van der Waals surface area contributed by atoms with Gasteiger partial charge < -0.3 is 24.3 Å². The summed E-state index contributed by atoms with van der Waals surface area (Å²) in [4.78, 5) is 30.8. The number of nitriles is 1. The molecule has 2 atom stereocenters. The molecule has 1 aromatic heterocycles. The lowest BCUT2D eigenvalue weighted by molar-refractivity contribution is -0.131. The van der Waals surface area contributed by atoms with Crippen LogP contribution in [0.1, 0.15) is 42.5 Å². The van der Waals surface area contributed by atoms with E-state index in [1.165, 1.54) is 26.9 Å². The molecule has 0 radical (unpaired) electrons. The summed E-state index contributed by atoms with van der Waals surface area (Å²) in [5, 5.41) is 12.0. The number of fused-ring (bicyclic) bond motifs is 2. The molecule has 3 aromatic rings. The van der Waals surface area contributed by atoms with Crippen LogP contribution in [0.3, 0.4) is 0 Å². The monoisotopic (exact) mass is 597 g/mol. The molecule has 1 amide bonds. The Morgan fingerprint density at radius 3 is 2.66 bits per heavy atom. The van der Waals surface area contributed by atoms with Crippen LogP contribution in [0.15, 0.2) is 48.8 Å². The molecule has 3 aliphatic heterocycles. The SMILES string of the molecule is C=C(F)C(=O)N1CCN(c2nc(OC[C@H]3CCCN3C)nc3c2CCCN(c2cccc4cccc(C)c24)C3)C[C@@H]1CC#N. The summed E-state index contributed by atoms with van der Waals surface area (Å²) < 4.78 is 20.2. The van der Waals surface area contributed by atoms with Crippen molar-refractivity contribution in [2.45, 2.75) is 57.7 Å². The molecule has 2 aromatic carbocycles. The first kappa shape index (κ1) is 29.8. The zero-order valence-corrected chi connectivity index (χ0v) is 25.6. The van der Waals surface area contributed by atoms with Crippen LogP contribution >= 0.6 is 0 Å². The second kappa shape index (κ2) is 12.8. The van der Waals surface area contributed by atoms with Gasteiger partial charge in [-0.15, -0.1) is 0 Å². The van der Waals surface area contributed by atoms with Crippen LogP contribution in [0.25, 0.3) is 10.8 Å². The molecule has 0 spiro atoms. The molecular weight excluding hydrogens is 557 g/mol. The number of aromatic nitrogens is 2. The number of benzene rings is 2. The first-order valence-corrected chi connectivity index (χ1v) is 15.6.